The van der Waals surface area contributed by atoms with Gasteiger partial charge < -0.3 is 13.9 Å². The lowest BCUT2D eigenvalue weighted by Gasteiger charge is -2.48. The van der Waals surface area contributed by atoms with Crippen molar-refractivity contribution in [3.63, 3.8) is 0 Å². The number of hydrogen-bond donors (Lipinski definition) is 0. The van der Waals surface area contributed by atoms with E-state index in [1.807, 2.05) is 6.92 Å². The number of carbonyl (C=O) groups excluding carboxylic acids is 3. The number of ether oxygens (including phenoxy) is 2. The Morgan fingerprint density at radius 2 is 2.15 bits per heavy atom. The summed E-state index contributed by atoms with van der Waals surface area (Å²) in [6, 6.07) is 1.80. The molecule has 5 unspecified atom stereocenters. The molecule has 5 atom stereocenters. The highest BCUT2D eigenvalue weighted by atomic mass is 16.6. The Balaban J connectivity index is 1.74. The smallest absolute Gasteiger partial charge is 0.334 e. The monoisotopic (exact) mass is 358 g/mol. The summed E-state index contributed by atoms with van der Waals surface area (Å²) in [5, 5.41) is 0. The molecule has 2 fully saturated rings. The van der Waals surface area contributed by atoms with Gasteiger partial charge >= 0.3 is 11.9 Å². The molecule has 6 nitrogen and oxygen atoms in total. The van der Waals surface area contributed by atoms with Crippen LogP contribution in [0.25, 0.3) is 0 Å². The van der Waals surface area contributed by atoms with Crippen LogP contribution < -0.4 is 0 Å². The third kappa shape index (κ3) is 2.27. The number of furan rings is 1. The Morgan fingerprint density at radius 3 is 2.85 bits per heavy atom. The summed E-state index contributed by atoms with van der Waals surface area (Å²) >= 11 is 0. The van der Waals surface area contributed by atoms with Gasteiger partial charge in [0.1, 0.15) is 11.9 Å². The van der Waals surface area contributed by atoms with Gasteiger partial charge in [-0.15, -0.1) is 0 Å². The summed E-state index contributed by atoms with van der Waals surface area (Å²) in [6.45, 7) is 1.95. The van der Waals surface area contributed by atoms with E-state index in [9.17, 15) is 14.4 Å². The van der Waals surface area contributed by atoms with Crippen molar-refractivity contribution >= 4 is 17.7 Å². The van der Waals surface area contributed by atoms with Gasteiger partial charge in [0.25, 0.3) is 0 Å². The molecule has 2 heterocycles. The Kier molecular flexibility index (Phi) is 4.01. The lowest BCUT2D eigenvalue weighted by atomic mass is 9.51. The number of rotatable bonds is 2. The normalized spacial score (nSPS) is 36.5. The van der Waals surface area contributed by atoms with Crippen LogP contribution in [-0.4, -0.2) is 24.8 Å². The minimum Gasteiger partial charge on any atom is -0.472 e. The molecule has 26 heavy (non-hydrogen) atoms. The number of Topliss-reactive ketones (excluding diaryl/α,β-unsaturated/α-hetero) is 1. The molecular weight excluding hydrogens is 336 g/mol. The van der Waals surface area contributed by atoms with E-state index in [0.29, 0.717) is 24.8 Å². The molecule has 0 aromatic carbocycles. The molecule has 0 radical (unpaired) electrons. The van der Waals surface area contributed by atoms with Crippen molar-refractivity contribution in [2.45, 2.75) is 38.7 Å². The molecule has 1 aromatic rings. The van der Waals surface area contributed by atoms with Gasteiger partial charge in [-0.2, -0.15) is 0 Å². The van der Waals surface area contributed by atoms with E-state index in [1.54, 1.807) is 24.7 Å². The van der Waals surface area contributed by atoms with Crippen LogP contribution in [0, 0.1) is 23.2 Å². The maximum absolute atomic E-state index is 13.1. The molecule has 1 saturated heterocycles. The third-order valence-corrected chi connectivity index (χ3v) is 6.46. The van der Waals surface area contributed by atoms with E-state index in [2.05, 4.69) is 0 Å². The molecule has 0 bridgehead atoms. The van der Waals surface area contributed by atoms with E-state index >= 15 is 0 Å². The second kappa shape index (κ2) is 6.11. The lowest BCUT2D eigenvalue weighted by Crippen LogP contribution is -2.53. The molecule has 0 amide bonds. The van der Waals surface area contributed by atoms with Crippen molar-refractivity contribution < 1.29 is 28.3 Å². The number of hydrogen-bond acceptors (Lipinski definition) is 6. The molecule has 1 spiro atoms. The quantitative estimate of drug-likeness (QED) is 0.756. The van der Waals surface area contributed by atoms with E-state index < -0.39 is 17.3 Å². The number of methoxy groups -OCH3 is 1. The maximum atomic E-state index is 13.1. The highest BCUT2D eigenvalue weighted by Gasteiger charge is 2.64. The third-order valence-electron chi connectivity index (χ3n) is 6.46. The first kappa shape index (κ1) is 17.1. The molecule has 1 aliphatic heterocycles. The molecule has 3 aliphatic rings. The fraction of sp³-hybridized carbons (Fsp3) is 0.550. The van der Waals surface area contributed by atoms with Gasteiger partial charge in [0, 0.05) is 24.0 Å². The number of carbonyl (C=O) groups is 3. The maximum Gasteiger partial charge on any atom is 0.334 e. The molecule has 4 rings (SSSR count). The standard InChI is InChI=1S/C20H22O6/c1-11-8-15(21)17-13(18(22)24-2)4-3-5-14(17)20(11)9-16(26-19(20)23)12-6-7-25-10-12/h4,6-7,10-11,14,16-17H,3,5,8-9H2,1-2H3. The van der Waals surface area contributed by atoms with Crippen molar-refractivity contribution in [3.8, 4) is 0 Å². The summed E-state index contributed by atoms with van der Waals surface area (Å²) in [7, 11) is 1.32. The Hall–Kier alpha value is -2.37. The van der Waals surface area contributed by atoms with Gasteiger partial charge in [0.15, 0.2) is 0 Å². The Bertz CT molecular complexity index is 776. The van der Waals surface area contributed by atoms with Crippen LogP contribution in [0.2, 0.25) is 0 Å². The molecule has 1 aromatic heterocycles. The fourth-order valence-corrected chi connectivity index (χ4v) is 5.21. The van der Waals surface area contributed by atoms with Gasteiger partial charge in [-0.25, -0.2) is 4.79 Å². The Labute approximate surface area is 151 Å². The van der Waals surface area contributed by atoms with Crippen molar-refractivity contribution in [2.24, 2.45) is 23.2 Å². The second-order valence-electron chi connectivity index (χ2n) is 7.58. The highest BCUT2D eigenvalue weighted by molar-refractivity contribution is 6.00. The van der Waals surface area contributed by atoms with Gasteiger partial charge in [0.05, 0.1) is 31.0 Å². The second-order valence-corrected chi connectivity index (χ2v) is 7.58. The van der Waals surface area contributed by atoms with Gasteiger partial charge in [-0.3, -0.25) is 9.59 Å². The average molecular weight is 358 g/mol. The number of ketones is 1. The summed E-state index contributed by atoms with van der Waals surface area (Å²) < 4.78 is 15.7. The minimum atomic E-state index is -0.756. The van der Waals surface area contributed by atoms with Gasteiger partial charge in [-0.1, -0.05) is 13.0 Å². The SMILES string of the molecule is COC(=O)C1=CCCC2C1C(=O)CC(C)C21CC(c2ccoc2)OC1=O. The van der Waals surface area contributed by atoms with Crippen molar-refractivity contribution in [2.75, 3.05) is 7.11 Å². The van der Waals surface area contributed by atoms with Crippen molar-refractivity contribution in [3.05, 3.63) is 35.8 Å². The number of cyclic esters (lactones) is 1. The molecular formula is C20H22O6. The van der Waals surface area contributed by atoms with Crippen molar-refractivity contribution in [1.82, 2.24) is 0 Å². The first-order chi connectivity index (χ1) is 12.5. The largest absolute Gasteiger partial charge is 0.472 e. The Morgan fingerprint density at radius 1 is 1.35 bits per heavy atom. The molecule has 6 heteroatoms. The van der Waals surface area contributed by atoms with Crippen LogP contribution in [0.3, 0.4) is 0 Å². The summed E-state index contributed by atoms with van der Waals surface area (Å²) in [6.07, 6.45) is 6.69. The summed E-state index contributed by atoms with van der Waals surface area (Å²) in [5.41, 5.74) is 0.476. The van der Waals surface area contributed by atoms with Crippen LogP contribution in [0.15, 0.2) is 34.7 Å². The zero-order valence-corrected chi connectivity index (χ0v) is 14.9. The number of fused-ring (bicyclic) bond motifs is 2. The molecule has 1 saturated carbocycles. The van der Waals surface area contributed by atoms with Crippen LogP contribution in [0.5, 0.6) is 0 Å². The van der Waals surface area contributed by atoms with E-state index in [4.69, 9.17) is 13.9 Å². The predicted octanol–water partition coefficient (Wildman–Crippen LogP) is 2.99. The van der Waals surface area contributed by atoms with E-state index in [-0.39, 0.29) is 36.1 Å². The summed E-state index contributed by atoms with van der Waals surface area (Å²) in [4.78, 5) is 38.1. The predicted molar refractivity (Wildman–Crippen MR) is 89.7 cm³/mol. The average Bonchev–Trinajstić information content (AvgIpc) is 3.27. The zero-order valence-electron chi connectivity index (χ0n) is 14.9. The number of esters is 2. The molecule has 0 N–H and O–H groups in total. The first-order valence-electron chi connectivity index (χ1n) is 9.03. The molecule has 138 valence electrons. The van der Waals surface area contributed by atoms with E-state index in [1.165, 1.54) is 7.11 Å². The van der Waals surface area contributed by atoms with Crippen molar-refractivity contribution in [1.29, 1.82) is 0 Å². The van der Waals surface area contributed by atoms with Gasteiger partial charge in [-0.05, 0) is 30.7 Å². The van der Waals surface area contributed by atoms with Crippen LogP contribution in [-0.2, 0) is 23.9 Å². The van der Waals surface area contributed by atoms with Crippen LogP contribution >= 0.6 is 0 Å². The zero-order chi connectivity index (χ0) is 18.5. The summed E-state index contributed by atoms with van der Waals surface area (Å²) in [5.74, 6) is -1.66. The van der Waals surface area contributed by atoms with Crippen LogP contribution in [0.1, 0.15) is 44.3 Å². The minimum absolute atomic E-state index is 0.0176. The fourth-order valence-electron chi connectivity index (χ4n) is 5.21. The number of allylic oxidation sites excluding steroid dienone is 1. The lowest BCUT2D eigenvalue weighted by molar-refractivity contribution is -0.161. The topological polar surface area (TPSA) is 82.8 Å². The highest BCUT2D eigenvalue weighted by Crippen LogP contribution is 2.60. The van der Waals surface area contributed by atoms with E-state index in [0.717, 1.165) is 5.56 Å². The van der Waals surface area contributed by atoms with Gasteiger partial charge in [0.2, 0.25) is 0 Å². The molecule has 2 aliphatic carbocycles. The first-order valence-corrected chi connectivity index (χ1v) is 9.03. The van der Waals surface area contributed by atoms with Crippen LogP contribution in [0.4, 0.5) is 0 Å².